The molecule has 1 fully saturated rings. The molecule has 0 saturated carbocycles. The van der Waals surface area contributed by atoms with Gasteiger partial charge in [0.1, 0.15) is 0 Å². The number of benzene rings is 1. The van der Waals surface area contributed by atoms with Gasteiger partial charge < -0.3 is 4.42 Å². The molecular weight excluding hydrogens is 314 g/mol. The van der Waals surface area contributed by atoms with E-state index in [9.17, 15) is 8.42 Å². The third kappa shape index (κ3) is 3.45. The van der Waals surface area contributed by atoms with E-state index in [4.69, 9.17) is 4.42 Å². The van der Waals surface area contributed by atoms with Crippen molar-refractivity contribution in [3.63, 3.8) is 0 Å². The average molecular weight is 335 g/mol. The predicted molar refractivity (Wildman–Crippen MR) is 87.2 cm³/mol. The summed E-state index contributed by atoms with van der Waals surface area (Å²) in [5.41, 5.74) is 0.890. The number of sulfonamides is 1. The van der Waals surface area contributed by atoms with Crippen LogP contribution < -0.4 is 0 Å². The van der Waals surface area contributed by atoms with Crippen LogP contribution in [0.3, 0.4) is 0 Å². The van der Waals surface area contributed by atoms with E-state index in [2.05, 4.69) is 10.2 Å². The summed E-state index contributed by atoms with van der Waals surface area (Å²) in [4.78, 5) is 0. The molecule has 1 aromatic carbocycles. The molecule has 2 aromatic rings. The zero-order valence-electron chi connectivity index (χ0n) is 13.3. The lowest BCUT2D eigenvalue weighted by molar-refractivity contribution is 0.421. The molecule has 0 N–H and O–H groups in total. The highest BCUT2D eigenvalue weighted by Crippen LogP contribution is 2.25. The van der Waals surface area contributed by atoms with Gasteiger partial charge in [-0.1, -0.05) is 18.2 Å². The molecule has 7 heteroatoms. The maximum Gasteiger partial charge on any atom is 0.247 e. The van der Waals surface area contributed by atoms with Crippen LogP contribution >= 0.6 is 0 Å². The smallest absolute Gasteiger partial charge is 0.247 e. The minimum absolute atomic E-state index is 0.229. The van der Waals surface area contributed by atoms with Crippen LogP contribution in [0, 0.1) is 5.92 Å². The minimum Gasteiger partial charge on any atom is -0.421 e. The summed E-state index contributed by atoms with van der Waals surface area (Å²) in [6, 6.07) is 9.62. The van der Waals surface area contributed by atoms with Crippen LogP contribution in [0.4, 0.5) is 0 Å². The Morgan fingerprint density at radius 3 is 2.70 bits per heavy atom. The lowest BCUT2D eigenvalue weighted by atomic mass is 10.1. The first-order chi connectivity index (χ1) is 11.0. The zero-order valence-corrected chi connectivity index (χ0v) is 14.2. The molecule has 0 aliphatic carbocycles. The van der Waals surface area contributed by atoms with E-state index in [1.807, 2.05) is 30.3 Å². The van der Waals surface area contributed by atoms with Crippen molar-refractivity contribution in [2.24, 2.45) is 5.92 Å². The summed E-state index contributed by atoms with van der Waals surface area (Å²) < 4.78 is 31.7. The van der Waals surface area contributed by atoms with Crippen molar-refractivity contribution in [2.45, 2.75) is 31.9 Å². The first-order valence-corrected chi connectivity index (χ1v) is 9.34. The molecule has 0 spiro atoms. The van der Waals surface area contributed by atoms with Crippen LogP contribution in [0.5, 0.6) is 0 Å². The summed E-state index contributed by atoms with van der Waals surface area (Å²) in [7, 11) is -3.17. The largest absolute Gasteiger partial charge is 0.421 e. The predicted octanol–water partition coefficient (Wildman–Crippen LogP) is 2.34. The number of nitrogens with zero attached hydrogens (tertiary/aromatic N) is 3. The fraction of sp³-hybridized carbons (Fsp3) is 0.500. The topological polar surface area (TPSA) is 76.3 Å². The van der Waals surface area contributed by atoms with Gasteiger partial charge in [0.05, 0.1) is 5.25 Å². The number of rotatable bonds is 5. The molecule has 0 bridgehead atoms. The van der Waals surface area contributed by atoms with Gasteiger partial charge in [-0.15, -0.1) is 10.2 Å². The molecule has 23 heavy (non-hydrogen) atoms. The number of hydrogen-bond donors (Lipinski definition) is 0. The number of aromatic nitrogens is 2. The summed E-state index contributed by atoms with van der Waals surface area (Å²) >= 11 is 0. The molecule has 0 unspecified atom stereocenters. The summed E-state index contributed by atoms with van der Waals surface area (Å²) in [5, 5.41) is 7.79. The SMILES string of the molecule is CC(C)S(=O)(=O)N1CC[C@H](Cc2nnc(-c3ccccc3)o2)C1. The van der Waals surface area contributed by atoms with Crippen LogP contribution in [0.25, 0.3) is 11.5 Å². The van der Waals surface area contributed by atoms with Crippen LogP contribution in [-0.4, -0.2) is 41.3 Å². The van der Waals surface area contributed by atoms with E-state index in [1.165, 1.54) is 0 Å². The van der Waals surface area contributed by atoms with Gasteiger partial charge in [0.25, 0.3) is 0 Å². The highest BCUT2D eigenvalue weighted by Gasteiger charge is 2.33. The Labute approximate surface area is 136 Å². The van der Waals surface area contributed by atoms with Crippen LogP contribution in [0.2, 0.25) is 0 Å². The van der Waals surface area contributed by atoms with Gasteiger partial charge in [0, 0.05) is 25.1 Å². The third-order valence-corrected chi connectivity index (χ3v) is 6.40. The Hall–Kier alpha value is -1.73. The Kier molecular flexibility index (Phi) is 4.50. The molecule has 6 nitrogen and oxygen atoms in total. The Balaban J connectivity index is 1.65. The van der Waals surface area contributed by atoms with E-state index < -0.39 is 10.0 Å². The molecule has 2 heterocycles. The zero-order chi connectivity index (χ0) is 16.4. The maximum atomic E-state index is 12.2. The van der Waals surface area contributed by atoms with Crippen molar-refractivity contribution in [2.75, 3.05) is 13.1 Å². The fourth-order valence-corrected chi connectivity index (χ4v) is 4.15. The van der Waals surface area contributed by atoms with Gasteiger partial charge >= 0.3 is 0 Å². The van der Waals surface area contributed by atoms with Crippen molar-refractivity contribution >= 4 is 10.0 Å². The van der Waals surface area contributed by atoms with E-state index in [0.717, 1.165) is 12.0 Å². The second-order valence-electron chi connectivity index (χ2n) is 6.18. The van der Waals surface area contributed by atoms with E-state index in [1.54, 1.807) is 18.2 Å². The molecule has 1 saturated heterocycles. The molecular formula is C16H21N3O3S. The molecule has 1 aliphatic rings. The van der Waals surface area contributed by atoms with E-state index >= 15 is 0 Å². The van der Waals surface area contributed by atoms with Gasteiger partial charge in [0.15, 0.2) is 0 Å². The van der Waals surface area contributed by atoms with Gasteiger partial charge in [-0.05, 0) is 38.3 Å². The lowest BCUT2D eigenvalue weighted by Gasteiger charge is -2.18. The molecule has 124 valence electrons. The Morgan fingerprint density at radius 1 is 1.26 bits per heavy atom. The maximum absolute atomic E-state index is 12.2. The average Bonchev–Trinajstić information content (AvgIpc) is 3.18. The van der Waals surface area contributed by atoms with Crippen molar-refractivity contribution < 1.29 is 12.8 Å². The third-order valence-electron chi connectivity index (χ3n) is 4.16. The number of hydrogen-bond acceptors (Lipinski definition) is 5. The highest BCUT2D eigenvalue weighted by atomic mass is 32.2. The second-order valence-corrected chi connectivity index (χ2v) is 8.67. The summed E-state index contributed by atoms with van der Waals surface area (Å²) in [6.07, 6.45) is 1.44. The van der Waals surface area contributed by atoms with Crippen molar-refractivity contribution in [3.8, 4) is 11.5 Å². The van der Waals surface area contributed by atoms with Crippen LogP contribution in [0.15, 0.2) is 34.7 Å². The molecule has 1 atom stereocenters. The fourth-order valence-electron chi connectivity index (χ4n) is 2.77. The quantitative estimate of drug-likeness (QED) is 0.838. The van der Waals surface area contributed by atoms with Crippen LogP contribution in [-0.2, 0) is 16.4 Å². The first kappa shape index (κ1) is 16.1. The lowest BCUT2D eigenvalue weighted by Crippen LogP contribution is -2.34. The minimum atomic E-state index is -3.17. The van der Waals surface area contributed by atoms with Crippen molar-refractivity contribution in [1.29, 1.82) is 0 Å². The van der Waals surface area contributed by atoms with Crippen molar-refractivity contribution in [1.82, 2.24) is 14.5 Å². The second kappa shape index (κ2) is 6.41. The van der Waals surface area contributed by atoms with Gasteiger partial charge in [-0.25, -0.2) is 12.7 Å². The Bertz CT molecular complexity index is 756. The monoisotopic (exact) mass is 335 g/mol. The highest BCUT2D eigenvalue weighted by molar-refractivity contribution is 7.89. The summed E-state index contributed by atoms with van der Waals surface area (Å²) in [5.74, 6) is 1.30. The first-order valence-electron chi connectivity index (χ1n) is 7.83. The Morgan fingerprint density at radius 2 is 2.00 bits per heavy atom. The normalized spacial score (nSPS) is 19.5. The van der Waals surface area contributed by atoms with E-state index in [-0.39, 0.29) is 11.2 Å². The molecule has 0 amide bonds. The van der Waals surface area contributed by atoms with Crippen LogP contribution in [0.1, 0.15) is 26.2 Å². The molecule has 0 radical (unpaired) electrons. The molecule has 3 rings (SSSR count). The van der Waals surface area contributed by atoms with Gasteiger partial charge in [-0.3, -0.25) is 0 Å². The van der Waals surface area contributed by atoms with E-state index in [0.29, 0.717) is 31.3 Å². The standard InChI is InChI=1S/C16H21N3O3S/c1-12(2)23(20,21)19-9-8-13(11-19)10-15-17-18-16(22-15)14-6-4-3-5-7-14/h3-7,12-13H,8-11H2,1-2H3/t13-/m1/s1. The van der Waals surface area contributed by atoms with Crippen molar-refractivity contribution in [3.05, 3.63) is 36.2 Å². The van der Waals surface area contributed by atoms with Gasteiger partial charge in [-0.2, -0.15) is 0 Å². The molecule has 1 aliphatic heterocycles. The molecule has 1 aromatic heterocycles. The summed E-state index contributed by atoms with van der Waals surface area (Å²) in [6.45, 7) is 4.54. The van der Waals surface area contributed by atoms with Gasteiger partial charge in [0.2, 0.25) is 21.8 Å².